The van der Waals surface area contributed by atoms with Gasteiger partial charge in [0.1, 0.15) is 12.2 Å². The van der Waals surface area contributed by atoms with Crippen molar-refractivity contribution in [3.05, 3.63) is 12.2 Å². The van der Waals surface area contributed by atoms with E-state index in [0.717, 1.165) is 37.8 Å². The van der Waals surface area contributed by atoms with Gasteiger partial charge in [-0.1, -0.05) is 20.8 Å². The minimum atomic E-state index is 0.593. The molecule has 18 heavy (non-hydrogen) atoms. The molecule has 5 heteroatoms. The molecule has 0 radical (unpaired) electrons. The van der Waals surface area contributed by atoms with Crippen LogP contribution in [0.3, 0.4) is 0 Å². The van der Waals surface area contributed by atoms with E-state index in [1.165, 1.54) is 6.42 Å². The Morgan fingerprint density at radius 1 is 1.39 bits per heavy atom. The highest BCUT2D eigenvalue weighted by Gasteiger charge is 2.05. The monoisotopic (exact) mass is 272 g/mol. The number of halogens is 1. The van der Waals surface area contributed by atoms with Crippen LogP contribution in [0.25, 0.3) is 0 Å². The molecule has 0 aliphatic carbocycles. The Labute approximate surface area is 115 Å². The number of aromatic nitrogens is 3. The first-order chi connectivity index (χ1) is 8.63. The summed E-state index contributed by atoms with van der Waals surface area (Å²) in [6.45, 7) is 9.29. The minimum Gasteiger partial charge on any atom is -0.310 e. The summed E-state index contributed by atoms with van der Waals surface area (Å²) in [5.41, 5.74) is 0. The molecule has 1 atom stereocenters. The first-order valence-electron chi connectivity index (χ1n) is 6.76. The molecule has 0 saturated carbocycles. The number of hydrogen-bond acceptors (Lipinski definition) is 3. The molecule has 1 aromatic heterocycles. The normalized spacial score (nSPS) is 13.2. The van der Waals surface area contributed by atoms with Crippen molar-refractivity contribution in [2.45, 2.75) is 46.7 Å². The Morgan fingerprint density at radius 2 is 2.17 bits per heavy atom. The highest BCUT2D eigenvalue weighted by atomic mass is 35.5. The van der Waals surface area contributed by atoms with Crippen molar-refractivity contribution in [3.8, 4) is 0 Å². The van der Waals surface area contributed by atoms with Crippen LogP contribution in [0.15, 0.2) is 6.33 Å². The Hall–Kier alpha value is -0.610. The standard InChI is InChI=1S/C13H25ClN4/c1-11(2)9-18-13(16-10-17-18)8-15-6-4-5-12(3)7-14/h10-12,15H,4-9H2,1-3H3. The van der Waals surface area contributed by atoms with Crippen molar-refractivity contribution in [1.29, 1.82) is 0 Å². The van der Waals surface area contributed by atoms with E-state index in [4.69, 9.17) is 11.6 Å². The molecular formula is C13H25ClN4. The molecule has 1 rings (SSSR count). The highest BCUT2D eigenvalue weighted by Crippen LogP contribution is 2.06. The SMILES string of the molecule is CC(C)Cn1ncnc1CNCCCC(C)CCl. The first-order valence-corrected chi connectivity index (χ1v) is 7.30. The molecule has 1 unspecified atom stereocenters. The van der Waals surface area contributed by atoms with Crippen molar-refractivity contribution in [2.75, 3.05) is 12.4 Å². The fourth-order valence-corrected chi connectivity index (χ4v) is 1.93. The van der Waals surface area contributed by atoms with Crippen LogP contribution in [0.5, 0.6) is 0 Å². The summed E-state index contributed by atoms with van der Waals surface area (Å²) in [7, 11) is 0. The summed E-state index contributed by atoms with van der Waals surface area (Å²) < 4.78 is 1.99. The second-order valence-electron chi connectivity index (χ2n) is 5.33. The van der Waals surface area contributed by atoms with Gasteiger partial charge in [0.15, 0.2) is 0 Å². The second kappa shape index (κ2) is 8.48. The zero-order chi connectivity index (χ0) is 13.4. The molecule has 1 heterocycles. The summed E-state index contributed by atoms with van der Waals surface area (Å²) in [4.78, 5) is 4.29. The van der Waals surface area contributed by atoms with E-state index in [2.05, 4.69) is 36.2 Å². The first kappa shape index (κ1) is 15.4. The third kappa shape index (κ3) is 5.83. The molecule has 0 aliphatic rings. The van der Waals surface area contributed by atoms with E-state index >= 15 is 0 Å². The summed E-state index contributed by atoms with van der Waals surface area (Å²) >= 11 is 5.77. The van der Waals surface area contributed by atoms with Crippen LogP contribution < -0.4 is 5.32 Å². The smallest absolute Gasteiger partial charge is 0.140 e. The molecule has 4 nitrogen and oxygen atoms in total. The van der Waals surface area contributed by atoms with Gasteiger partial charge in [-0.3, -0.25) is 0 Å². The fraction of sp³-hybridized carbons (Fsp3) is 0.846. The molecular weight excluding hydrogens is 248 g/mol. The van der Waals surface area contributed by atoms with E-state index in [1.807, 2.05) is 4.68 Å². The van der Waals surface area contributed by atoms with E-state index in [-0.39, 0.29) is 0 Å². The van der Waals surface area contributed by atoms with Crippen molar-refractivity contribution in [2.24, 2.45) is 11.8 Å². The molecule has 1 aromatic rings. The average Bonchev–Trinajstić information content (AvgIpc) is 2.75. The van der Waals surface area contributed by atoms with Crippen LogP contribution in [0.1, 0.15) is 39.4 Å². The predicted octanol–water partition coefficient (Wildman–Crippen LogP) is 2.68. The Bertz CT molecular complexity index is 325. The molecule has 0 aromatic carbocycles. The van der Waals surface area contributed by atoms with Gasteiger partial charge < -0.3 is 5.32 Å². The maximum absolute atomic E-state index is 5.77. The van der Waals surface area contributed by atoms with Crippen LogP contribution in [-0.2, 0) is 13.1 Å². The molecule has 0 saturated heterocycles. The number of nitrogens with zero attached hydrogens (tertiary/aromatic N) is 3. The molecule has 0 aliphatic heterocycles. The lowest BCUT2D eigenvalue weighted by Gasteiger charge is -2.10. The van der Waals surface area contributed by atoms with Gasteiger partial charge in [0.25, 0.3) is 0 Å². The number of hydrogen-bond donors (Lipinski definition) is 1. The average molecular weight is 273 g/mol. The van der Waals surface area contributed by atoms with Crippen LogP contribution in [0, 0.1) is 11.8 Å². The van der Waals surface area contributed by atoms with Gasteiger partial charge in [-0.05, 0) is 31.2 Å². The Morgan fingerprint density at radius 3 is 2.83 bits per heavy atom. The van der Waals surface area contributed by atoms with E-state index in [9.17, 15) is 0 Å². The van der Waals surface area contributed by atoms with E-state index < -0.39 is 0 Å². The van der Waals surface area contributed by atoms with Crippen LogP contribution in [-0.4, -0.2) is 27.2 Å². The van der Waals surface area contributed by atoms with Gasteiger partial charge in [0.05, 0.1) is 6.54 Å². The number of nitrogens with one attached hydrogen (secondary N) is 1. The zero-order valence-corrected chi connectivity index (χ0v) is 12.5. The van der Waals surface area contributed by atoms with Crippen LogP contribution in [0.2, 0.25) is 0 Å². The third-order valence-electron chi connectivity index (χ3n) is 2.83. The van der Waals surface area contributed by atoms with Gasteiger partial charge in [0, 0.05) is 12.4 Å². The molecule has 0 spiro atoms. The molecule has 0 bridgehead atoms. The summed E-state index contributed by atoms with van der Waals surface area (Å²) in [6.07, 6.45) is 3.97. The quantitative estimate of drug-likeness (QED) is 0.555. The van der Waals surface area contributed by atoms with Gasteiger partial charge in [-0.15, -0.1) is 11.6 Å². The largest absolute Gasteiger partial charge is 0.310 e. The van der Waals surface area contributed by atoms with Crippen molar-refractivity contribution < 1.29 is 0 Å². The topological polar surface area (TPSA) is 42.7 Å². The Kier molecular flexibility index (Phi) is 7.28. The lowest BCUT2D eigenvalue weighted by atomic mass is 10.1. The predicted molar refractivity (Wildman–Crippen MR) is 75.7 cm³/mol. The molecule has 104 valence electrons. The lowest BCUT2D eigenvalue weighted by Crippen LogP contribution is -2.20. The van der Waals surface area contributed by atoms with Crippen molar-refractivity contribution in [3.63, 3.8) is 0 Å². The molecule has 0 amide bonds. The lowest BCUT2D eigenvalue weighted by molar-refractivity contribution is 0.454. The summed E-state index contributed by atoms with van der Waals surface area (Å²) in [5.74, 6) is 2.98. The molecule has 0 fully saturated rings. The van der Waals surface area contributed by atoms with E-state index in [0.29, 0.717) is 11.8 Å². The maximum atomic E-state index is 5.77. The van der Waals surface area contributed by atoms with E-state index in [1.54, 1.807) is 6.33 Å². The van der Waals surface area contributed by atoms with Gasteiger partial charge in [-0.25, -0.2) is 9.67 Å². The highest BCUT2D eigenvalue weighted by molar-refractivity contribution is 6.18. The van der Waals surface area contributed by atoms with Gasteiger partial charge >= 0.3 is 0 Å². The van der Waals surface area contributed by atoms with Crippen molar-refractivity contribution >= 4 is 11.6 Å². The maximum Gasteiger partial charge on any atom is 0.140 e. The summed E-state index contributed by atoms with van der Waals surface area (Å²) in [5, 5.41) is 7.66. The number of rotatable bonds is 9. The third-order valence-corrected chi connectivity index (χ3v) is 3.36. The minimum absolute atomic E-state index is 0.593. The Balaban J connectivity index is 2.21. The van der Waals surface area contributed by atoms with Crippen LogP contribution in [0.4, 0.5) is 0 Å². The second-order valence-corrected chi connectivity index (χ2v) is 5.64. The fourth-order valence-electron chi connectivity index (χ4n) is 1.78. The number of alkyl halides is 1. The van der Waals surface area contributed by atoms with Crippen molar-refractivity contribution in [1.82, 2.24) is 20.1 Å². The zero-order valence-electron chi connectivity index (χ0n) is 11.7. The van der Waals surface area contributed by atoms with Crippen LogP contribution >= 0.6 is 11.6 Å². The molecule has 1 N–H and O–H groups in total. The van der Waals surface area contributed by atoms with Gasteiger partial charge in [-0.2, -0.15) is 5.10 Å². The summed E-state index contributed by atoms with van der Waals surface area (Å²) in [6, 6.07) is 0. The van der Waals surface area contributed by atoms with Gasteiger partial charge in [0.2, 0.25) is 0 Å².